The molecule has 4 heteroatoms. The molecule has 0 aliphatic rings. The van der Waals surface area contributed by atoms with Gasteiger partial charge in [0.2, 0.25) is 0 Å². The fourth-order valence-electron chi connectivity index (χ4n) is 1.97. The van der Waals surface area contributed by atoms with Gasteiger partial charge in [-0.25, -0.2) is 4.98 Å². The Morgan fingerprint density at radius 2 is 1.89 bits per heavy atom. The largest absolute Gasteiger partial charge is 0.363 e. The molecule has 0 bridgehead atoms. The molecule has 1 aromatic heterocycles. The quantitative estimate of drug-likeness (QED) is 0.917. The van der Waals surface area contributed by atoms with Crippen molar-refractivity contribution in [1.82, 2.24) is 9.55 Å². The second-order valence-electron chi connectivity index (χ2n) is 5.69. The summed E-state index contributed by atoms with van der Waals surface area (Å²) in [5, 5.41) is 0. The van der Waals surface area contributed by atoms with E-state index >= 15 is 0 Å². The first-order chi connectivity index (χ1) is 8.88. The number of nitrogens with two attached hydrogens (primary N) is 1. The van der Waals surface area contributed by atoms with Crippen molar-refractivity contribution in [1.29, 1.82) is 0 Å². The second-order valence-corrected chi connectivity index (χ2v) is 5.69. The van der Waals surface area contributed by atoms with E-state index in [1.54, 1.807) is 17.0 Å². The van der Waals surface area contributed by atoms with Crippen molar-refractivity contribution in [3.63, 3.8) is 0 Å². The van der Waals surface area contributed by atoms with Gasteiger partial charge in [0.15, 0.2) is 5.82 Å². The molecule has 0 radical (unpaired) electrons. The summed E-state index contributed by atoms with van der Waals surface area (Å²) in [6.07, 6.45) is 3.35. The van der Waals surface area contributed by atoms with Crippen molar-refractivity contribution >= 4 is 5.91 Å². The maximum atomic E-state index is 11.2. The number of aromatic nitrogens is 2. The number of hydrogen-bond acceptors (Lipinski definition) is 2. The van der Waals surface area contributed by atoms with Gasteiger partial charge in [-0.2, -0.15) is 0 Å². The highest BCUT2D eigenvalue weighted by atomic mass is 16.1. The van der Waals surface area contributed by atoms with Crippen LogP contribution < -0.4 is 5.73 Å². The van der Waals surface area contributed by atoms with E-state index < -0.39 is 5.91 Å². The molecule has 2 rings (SSSR count). The van der Waals surface area contributed by atoms with Crippen LogP contribution in [0.5, 0.6) is 0 Å². The van der Waals surface area contributed by atoms with Gasteiger partial charge in [-0.3, -0.25) is 4.79 Å². The van der Waals surface area contributed by atoms with Crippen molar-refractivity contribution in [3.8, 4) is 0 Å². The van der Waals surface area contributed by atoms with Gasteiger partial charge in [-0.15, -0.1) is 0 Å². The fourth-order valence-corrected chi connectivity index (χ4v) is 1.97. The highest BCUT2D eigenvalue weighted by molar-refractivity contribution is 5.89. The zero-order valence-corrected chi connectivity index (χ0v) is 11.6. The minimum Gasteiger partial charge on any atom is -0.363 e. The molecule has 2 aromatic rings. The molecule has 0 aliphatic carbocycles. The number of nitrogens with zero attached hydrogens (tertiary/aromatic N) is 2. The summed E-state index contributed by atoms with van der Waals surface area (Å²) in [5.74, 6) is -0.212. The van der Waals surface area contributed by atoms with Gasteiger partial charge in [0.1, 0.15) is 0 Å². The molecule has 0 saturated carbocycles. The van der Waals surface area contributed by atoms with E-state index in [0.717, 1.165) is 5.56 Å². The molecule has 4 nitrogen and oxygen atoms in total. The summed E-state index contributed by atoms with van der Waals surface area (Å²) in [7, 11) is 0. The molecule has 0 spiro atoms. The van der Waals surface area contributed by atoms with Gasteiger partial charge in [0, 0.05) is 18.9 Å². The van der Waals surface area contributed by atoms with E-state index in [2.05, 4.69) is 50.0 Å². The smallest absolute Gasteiger partial charge is 0.284 e. The highest BCUT2D eigenvalue weighted by Gasteiger charge is 2.13. The van der Waals surface area contributed by atoms with Gasteiger partial charge >= 0.3 is 0 Å². The van der Waals surface area contributed by atoms with Crippen LogP contribution in [-0.2, 0) is 12.0 Å². The van der Waals surface area contributed by atoms with Crippen molar-refractivity contribution in [3.05, 3.63) is 53.6 Å². The number of amides is 1. The van der Waals surface area contributed by atoms with Gasteiger partial charge in [0.05, 0.1) is 0 Å². The van der Waals surface area contributed by atoms with Crippen LogP contribution in [0.4, 0.5) is 0 Å². The number of benzene rings is 1. The van der Waals surface area contributed by atoms with Crippen molar-refractivity contribution in [2.24, 2.45) is 5.73 Å². The Morgan fingerprint density at radius 3 is 2.42 bits per heavy atom. The minimum atomic E-state index is -0.503. The number of rotatable bonds is 3. The standard InChI is InChI=1S/C15H19N3O/c1-15(2,3)12-6-4-11(5-7-12)10-18-9-8-17-14(18)13(16)19/h4-9H,10H2,1-3H3,(H2,16,19). The Kier molecular flexibility index (Phi) is 3.42. The number of carbonyl (C=O) groups is 1. The number of hydrogen-bond donors (Lipinski definition) is 1. The van der Waals surface area contributed by atoms with Crippen LogP contribution in [0.25, 0.3) is 0 Å². The lowest BCUT2D eigenvalue weighted by Crippen LogP contribution is -2.18. The van der Waals surface area contributed by atoms with Crippen molar-refractivity contribution in [2.75, 3.05) is 0 Å². The van der Waals surface area contributed by atoms with Crippen LogP contribution in [0.1, 0.15) is 42.5 Å². The Bertz CT molecular complexity index is 576. The van der Waals surface area contributed by atoms with E-state index in [-0.39, 0.29) is 5.41 Å². The lowest BCUT2D eigenvalue weighted by Gasteiger charge is -2.19. The first kappa shape index (κ1) is 13.3. The first-order valence-electron chi connectivity index (χ1n) is 6.28. The maximum absolute atomic E-state index is 11.2. The molecule has 0 saturated heterocycles. The minimum absolute atomic E-state index is 0.145. The summed E-state index contributed by atoms with van der Waals surface area (Å²) in [5.41, 5.74) is 7.82. The van der Waals surface area contributed by atoms with E-state index in [9.17, 15) is 4.79 Å². The monoisotopic (exact) mass is 257 g/mol. The maximum Gasteiger partial charge on any atom is 0.284 e. The molecular weight excluding hydrogens is 238 g/mol. The predicted molar refractivity (Wildman–Crippen MR) is 75.0 cm³/mol. The van der Waals surface area contributed by atoms with E-state index in [1.807, 2.05) is 0 Å². The van der Waals surface area contributed by atoms with Gasteiger partial charge in [0.25, 0.3) is 5.91 Å². The third kappa shape index (κ3) is 3.02. The lowest BCUT2D eigenvalue weighted by molar-refractivity contribution is 0.0987. The van der Waals surface area contributed by atoms with Crippen LogP contribution >= 0.6 is 0 Å². The Balaban J connectivity index is 2.20. The Morgan fingerprint density at radius 1 is 1.26 bits per heavy atom. The average molecular weight is 257 g/mol. The van der Waals surface area contributed by atoms with E-state index in [1.165, 1.54) is 5.56 Å². The molecule has 100 valence electrons. The Hall–Kier alpha value is -2.10. The number of primary amides is 1. The molecule has 2 N–H and O–H groups in total. The molecule has 0 unspecified atom stereocenters. The number of imidazole rings is 1. The van der Waals surface area contributed by atoms with Gasteiger partial charge < -0.3 is 10.3 Å². The van der Waals surface area contributed by atoms with Crippen LogP contribution in [0.15, 0.2) is 36.7 Å². The topological polar surface area (TPSA) is 60.9 Å². The average Bonchev–Trinajstić information content (AvgIpc) is 2.77. The molecule has 1 aromatic carbocycles. The summed E-state index contributed by atoms with van der Waals surface area (Å²) >= 11 is 0. The lowest BCUT2D eigenvalue weighted by atomic mass is 9.87. The predicted octanol–water partition coefficient (Wildman–Crippen LogP) is 2.33. The summed E-state index contributed by atoms with van der Waals surface area (Å²) in [6, 6.07) is 8.39. The molecule has 19 heavy (non-hydrogen) atoms. The molecule has 0 fully saturated rings. The van der Waals surface area contributed by atoms with Crippen LogP contribution in [0.2, 0.25) is 0 Å². The van der Waals surface area contributed by atoms with Crippen LogP contribution in [-0.4, -0.2) is 15.5 Å². The van der Waals surface area contributed by atoms with Gasteiger partial charge in [-0.05, 0) is 16.5 Å². The third-order valence-electron chi connectivity index (χ3n) is 3.11. The second kappa shape index (κ2) is 4.88. The van der Waals surface area contributed by atoms with Crippen LogP contribution in [0.3, 0.4) is 0 Å². The molecule has 1 heterocycles. The summed E-state index contributed by atoms with van der Waals surface area (Å²) < 4.78 is 1.76. The van der Waals surface area contributed by atoms with E-state index in [4.69, 9.17) is 5.73 Å². The van der Waals surface area contributed by atoms with Crippen LogP contribution in [0, 0.1) is 0 Å². The fraction of sp³-hybridized carbons (Fsp3) is 0.333. The number of carbonyl (C=O) groups excluding carboxylic acids is 1. The molecule has 1 amide bonds. The van der Waals surface area contributed by atoms with E-state index in [0.29, 0.717) is 12.4 Å². The normalized spacial score (nSPS) is 11.5. The van der Waals surface area contributed by atoms with Crippen molar-refractivity contribution in [2.45, 2.75) is 32.7 Å². The van der Waals surface area contributed by atoms with Gasteiger partial charge in [-0.1, -0.05) is 45.0 Å². The zero-order chi connectivity index (χ0) is 14.0. The molecule has 0 atom stereocenters. The van der Waals surface area contributed by atoms with Crippen molar-refractivity contribution < 1.29 is 4.79 Å². The first-order valence-corrected chi connectivity index (χ1v) is 6.28. The third-order valence-corrected chi connectivity index (χ3v) is 3.11. The summed E-state index contributed by atoms with van der Waals surface area (Å²) in [4.78, 5) is 15.2. The summed E-state index contributed by atoms with van der Waals surface area (Å²) in [6.45, 7) is 7.15. The highest BCUT2D eigenvalue weighted by Crippen LogP contribution is 2.22. The zero-order valence-electron chi connectivity index (χ0n) is 11.6. The Labute approximate surface area is 113 Å². The SMILES string of the molecule is CC(C)(C)c1ccc(Cn2ccnc2C(N)=O)cc1. The molecule has 0 aliphatic heterocycles. The molecular formula is C15H19N3O.